The van der Waals surface area contributed by atoms with Gasteiger partial charge in [0.1, 0.15) is 6.04 Å². The predicted octanol–water partition coefficient (Wildman–Crippen LogP) is 2.80. The van der Waals surface area contributed by atoms with Crippen molar-refractivity contribution in [3.05, 3.63) is 52.4 Å². The van der Waals surface area contributed by atoms with Crippen LogP contribution in [0, 0.1) is 0 Å². The Morgan fingerprint density at radius 3 is 2.54 bits per heavy atom. The highest BCUT2D eigenvalue weighted by Gasteiger charge is 2.22. The van der Waals surface area contributed by atoms with Gasteiger partial charge >= 0.3 is 0 Å². The maximum atomic E-state index is 12.3. The summed E-state index contributed by atoms with van der Waals surface area (Å²) in [6, 6.07) is 6.90. The molecule has 0 aliphatic carbocycles. The molecule has 1 aromatic carbocycles. The van der Waals surface area contributed by atoms with Gasteiger partial charge in [-0.25, -0.2) is 0 Å². The lowest BCUT2D eigenvalue weighted by atomic mass is 10.2. The number of nitrogens with one attached hydrogen (secondary N) is 2. The summed E-state index contributed by atoms with van der Waals surface area (Å²) >= 11 is 11.7. The van der Waals surface area contributed by atoms with Crippen LogP contribution >= 0.6 is 23.2 Å². The van der Waals surface area contributed by atoms with Crippen LogP contribution < -0.4 is 10.6 Å². The zero-order chi connectivity index (χ0) is 19.3. The molecular weight excluding hydrogens is 381 g/mol. The van der Waals surface area contributed by atoms with E-state index in [0.717, 1.165) is 0 Å². The molecule has 26 heavy (non-hydrogen) atoms. The third-order valence-corrected chi connectivity index (χ3v) is 4.16. The molecule has 0 aliphatic rings. The second-order valence-electron chi connectivity index (χ2n) is 5.54. The van der Waals surface area contributed by atoms with Crippen LogP contribution in [0.15, 0.2) is 41.0 Å². The van der Waals surface area contributed by atoms with Gasteiger partial charge < -0.3 is 20.0 Å². The molecule has 3 amide bonds. The van der Waals surface area contributed by atoms with Gasteiger partial charge in [-0.1, -0.05) is 23.2 Å². The Balaban J connectivity index is 1.87. The molecule has 2 aromatic rings. The fourth-order valence-corrected chi connectivity index (χ4v) is 2.43. The summed E-state index contributed by atoms with van der Waals surface area (Å²) in [6.45, 7) is 1.33. The number of furan rings is 1. The third kappa shape index (κ3) is 5.24. The third-order valence-electron chi connectivity index (χ3n) is 3.42. The molecule has 0 spiro atoms. The van der Waals surface area contributed by atoms with E-state index in [0.29, 0.717) is 15.7 Å². The number of carbonyl (C=O) groups is 3. The number of rotatable bonds is 6. The van der Waals surface area contributed by atoms with Crippen molar-refractivity contribution >= 4 is 46.6 Å². The van der Waals surface area contributed by atoms with Gasteiger partial charge in [0.2, 0.25) is 11.8 Å². The van der Waals surface area contributed by atoms with E-state index in [1.807, 2.05) is 0 Å². The Labute approximate surface area is 160 Å². The minimum atomic E-state index is -0.824. The first-order chi connectivity index (χ1) is 12.3. The molecule has 2 N–H and O–H groups in total. The molecule has 9 heteroatoms. The highest BCUT2D eigenvalue weighted by molar-refractivity contribution is 6.42. The summed E-state index contributed by atoms with van der Waals surface area (Å²) in [7, 11) is 1.46. The van der Waals surface area contributed by atoms with Gasteiger partial charge in [-0.15, -0.1) is 0 Å². The van der Waals surface area contributed by atoms with Crippen molar-refractivity contribution < 1.29 is 18.8 Å². The van der Waals surface area contributed by atoms with Gasteiger partial charge in [-0.05, 0) is 37.3 Å². The summed E-state index contributed by atoms with van der Waals surface area (Å²) in [5.74, 6) is -1.24. The van der Waals surface area contributed by atoms with Crippen LogP contribution in [0.25, 0.3) is 0 Å². The van der Waals surface area contributed by atoms with Crippen molar-refractivity contribution in [2.24, 2.45) is 0 Å². The van der Waals surface area contributed by atoms with Gasteiger partial charge in [0.25, 0.3) is 5.91 Å². The van der Waals surface area contributed by atoms with Crippen LogP contribution in [-0.4, -0.2) is 42.3 Å². The number of amides is 3. The smallest absolute Gasteiger partial charge is 0.287 e. The number of benzene rings is 1. The molecule has 1 unspecified atom stereocenters. The average molecular weight is 398 g/mol. The summed E-state index contributed by atoms with van der Waals surface area (Å²) in [4.78, 5) is 37.5. The largest absolute Gasteiger partial charge is 0.459 e. The maximum Gasteiger partial charge on any atom is 0.287 e. The van der Waals surface area contributed by atoms with Gasteiger partial charge in [-0.3, -0.25) is 14.4 Å². The van der Waals surface area contributed by atoms with Gasteiger partial charge in [0.15, 0.2) is 5.76 Å². The van der Waals surface area contributed by atoms with Gasteiger partial charge in [0.05, 0.1) is 22.9 Å². The lowest BCUT2D eigenvalue weighted by Gasteiger charge is -2.21. The van der Waals surface area contributed by atoms with E-state index in [2.05, 4.69) is 10.6 Å². The molecule has 138 valence electrons. The quantitative estimate of drug-likeness (QED) is 0.783. The highest BCUT2D eigenvalue weighted by atomic mass is 35.5. The van der Waals surface area contributed by atoms with E-state index in [4.69, 9.17) is 27.6 Å². The molecule has 7 nitrogen and oxygen atoms in total. The normalized spacial score (nSPS) is 11.5. The van der Waals surface area contributed by atoms with Crippen LogP contribution in [0.3, 0.4) is 0 Å². The Bertz CT molecular complexity index is 808. The zero-order valence-electron chi connectivity index (χ0n) is 14.1. The van der Waals surface area contributed by atoms with Crippen LogP contribution in [0.2, 0.25) is 10.0 Å². The number of carbonyl (C=O) groups excluding carboxylic acids is 3. The molecule has 0 fully saturated rings. The number of halogens is 2. The molecule has 0 saturated carbocycles. The monoisotopic (exact) mass is 397 g/mol. The highest BCUT2D eigenvalue weighted by Crippen LogP contribution is 2.24. The lowest BCUT2D eigenvalue weighted by molar-refractivity contribution is -0.134. The molecule has 0 aliphatic heterocycles. The Kier molecular flexibility index (Phi) is 6.65. The fraction of sp³-hybridized carbons (Fsp3) is 0.235. The molecule has 0 bridgehead atoms. The zero-order valence-corrected chi connectivity index (χ0v) is 15.6. The topological polar surface area (TPSA) is 91.7 Å². The van der Waals surface area contributed by atoms with Crippen LogP contribution in [-0.2, 0) is 9.59 Å². The van der Waals surface area contributed by atoms with Crippen LogP contribution in [0.5, 0.6) is 0 Å². The van der Waals surface area contributed by atoms with Crippen LogP contribution in [0.4, 0.5) is 5.69 Å². The summed E-state index contributed by atoms with van der Waals surface area (Å²) in [6.07, 6.45) is 1.36. The van der Waals surface area contributed by atoms with E-state index in [1.54, 1.807) is 18.2 Å². The van der Waals surface area contributed by atoms with Crippen molar-refractivity contribution in [3.63, 3.8) is 0 Å². The van der Waals surface area contributed by atoms with E-state index < -0.39 is 23.8 Å². The van der Waals surface area contributed by atoms with Crippen molar-refractivity contribution in [1.29, 1.82) is 0 Å². The van der Waals surface area contributed by atoms with E-state index in [1.165, 1.54) is 37.3 Å². The second kappa shape index (κ2) is 8.73. The molecule has 0 saturated heterocycles. The Morgan fingerprint density at radius 2 is 1.92 bits per heavy atom. The molecule has 2 rings (SSSR count). The van der Waals surface area contributed by atoms with E-state index in [9.17, 15) is 14.4 Å². The summed E-state index contributed by atoms with van der Waals surface area (Å²) in [5, 5.41) is 5.81. The second-order valence-corrected chi connectivity index (χ2v) is 6.36. The van der Waals surface area contributed by atoms with Gasteiger partial charge in [-0.2, -0.15) is 0 Å². The maximum absolute atomic E-state index is 12.3. The first-order valence-electron chi connectivity index (χ1n) is 7.62. The standard InChI is InChI=1S/C17H17Cl2N3O4/c1-10(20-16(24)14-4-3-7-26-14)17(25)22(2)9-15(23)21-11-5-6-12(18)13(19)8-11/h3-8,10H,9H2,1-2H3,(H,20,24)(H,21,23). The SMILES string of the molecule is CC(NC(=O)c1ccco1)C(=O)N(C)CC(=O)Nc1ccc(Cl)c(Cl)c1. The minimum absolute atomic E-state index is 0.102. The van der Waals surface area contributed by atoms with Gasteiger partial charge in [0, 0.05) is 12.7 Å². The first kappa shape index (κ1) is 19.8. The average Bonchev–Trinajstić information content (AvgIpc) is 3.12. The van der Waals surface area contributed by atoms with Crippen LogP contribution in [0.1, 0.15) is 17.5 Å². The van der Waals surface area contributed by atoms with Crippen molar-refractivity contribution in [2.75, 3.05) is 18.9 Å². The lowest BCUT2D eigenvalue weighted by Crippen LogP contribution is -2.47. The summed E-state index contributed by atoms with van der Waals surface area (Å²) in [5.41, 5.74) is 0.462. The minimum Gasteiger partial charge on any atom is -0.459 e. The first-order valence-corrected chi connectivity index (χ1v) is 8.37. The number of anilines is 1. The molecule has 1 aromatic heterocycles. The molecule has 1 atom stereocenters. The van der Waals surface area contributed by atoms with Crippen molar-refractivity contribution in [3.8, 4) is 0 Å². The summed E-state index contributed by atoms with van der Waals surface area (Å²) < 4.78 is 4.96. The Hall–Kier alpha value is -2.51. The Morgan fingerprint density at radius 1 is 1.19 bits per heavy atom. The molecular formula is C17H17Cl2N3O4. The van der Waals surface area contributed by atoms with Crippen molar-refractivity contribution in [1.82, 2.24) is 10.2 Å². The van der Waals surface area contributed by atoms with E-state index in [-0.39, 0.29) is 12.3 Å². The predicted molar refractivity (Wildman–Crippen MR) is 98.4 cm³/mol. The number of likely N-dealkylation sites (N-methyl/N-ethyl adjacent to an activating group) is 1. The van der Waals surface area contributed by atoms with E-state index >= 15 is 0 Å². The molecule has 1 heterocycles. The number of hydrogen-bond donors (Lipinski definition) is 2. The fourth-order valence-electron chi connectivity index (χ4n) is 2.14. The van der Waals surface area contributed by atoms with Crippen molar-refractivity contribution in [2.45, 2.75) is 13.0 Å². The number of nitrogens with zero attached hydrogens (tertiary/aromatic N) is 1. The number of hydrogen-bond acceptors (Lipinski definition) is 4. The molecule has 0 radical (unpaired) electrons.